The molecule has 0 amide bonds. The van der Waals surface area contributed by atoms with Crippen molar-refractivity contribution in [2.24, 2.45) is 0 Å². The number of halogens is 1. The number of allylic oxidation sites excluding steroid dienone is 4. The number of aromatic nitrogens is 1. The maximum Gasteiger partial charge on any atom is 0.374 e. The molecule has 0 spiro atoms. The lowest BCUT2D eigenvalue weighted by Gasteiger charge is -2.15. The summed E-state index contributed by atoms with van der Waals surface area (Å²) in [6.07, 6.45) is 7.53. The molecule has 4 aromatic carbocycles. The Morgan fingerprint density at radius 3 is 2.17 bits per heavy atom. The quantitative estimate of drug-likeness (QED) is 0.151. The van der Waals surface area contributed by atoms with Gasteiger partial charge in [-0.25, -0.2) is 0 Å². The van der Waals surface area contributed by atoms with Crippen LogP contribution < -0.4 is 14.2 Å². The van der Waals surface area contributed by atoms with E-state index in [4.69, 9.17) is 20.8 Å². The molecule has 198 valence electrons. The van der Waals surface area contributed by atoms with E-state index in [0.717, 1.165) is 58.5 Å². The molecule has 0 aliphatic carbocycles. The summed E-state index contributed by atoms with van der Waals surface area (Å²) >= 11 is 6.62. The van der Waals surface area contributed by atoms with Crippen molar-refractivity contribution in [1.82, 2.24) is 0 Å². The number of aryl methyl sites for hydroxylation is 1. The fourth-order valence-corrected chi connectivity index (χ4v) is 5.21. The number of anilines is 1. The molecule has 6 rings (SSSR count). The summed E-state index contributed by atoms with van der Waals surface area (Å²) in [6.45, 7) is 5.78. The summed E-state index contributed by atoms with van der Waals surface area (Å²) in [5, 5.41) is 0.571. The number of ether oxygens (including phenoxy) is 1. The smallest absolute Gasteiger partial charge is 0.374 e. The van der Waals surface area contributed by atoms with Crippen molar-refractivity contribution in [3.8, 4) is 28.0 Å². The minimum atomic E-state index is 0.571. The van der Waals surface area contributed by atoms with Crippen LogP contribution in [-0.2, 0) is 6.54 Å². The number of nitrogens with zero attached hydrogens (tertiary/aromatic N) is 2. The van der Waals surface area contributed by atoms with Gasteiger partial charge < -0.3 is 14.1 Å². The molecule has 1 aliphatic rings. The third-order valence-electron chi connectivity index (χ3n) is 7.08. The SMILES string of the molecule is CCN1/C(=C/C=C(Cl)/C=C/c2oc3ccc(-c4ccccc4)cc3[n+]2CC)Oc2ccc(-c3ccccc3)cc21. The molecule has 0 bridgehead atoms. The van der Waals surface area contributed by atoms with Crippen LogP contribution in [0.2, 0.25) is 0 Å². The summed E-state index contributed by atoms with van der Waals surface area (Å²) in [5.41, 5.74) is 7.62. The first-order valence-electron chi connectivity index (χ1n) is 13.6. The first-order chi connectivity index (χ1) is 19.6. The van der Waals surface area contributed by atoms with Gasteiger partial charge in [-0.15, -0.1) is 0 Å². The second kappa shape index (κ2) is 11.3. The van der Waals surface area contributed by atoms with E-state index in [0.29, 0.717) is 5.03 Å². The molecule has 4 nitrogen and oxygen atoms in total. The summed E-state index contributed by atoms with van der Waals surface area (Å²) < 4.78 is 14.5. The number of fused-ring (bicyclic) bond motifs is 2. The summed E-state index contributed by atoms with van der Waals surface area (Å²) in [6, 6.07) is 33.3. The Kier molecular flexibility index (Phi) is 7.26. The first kappa shape index (κ1) is 25.7. The average molecular weight is 546 g/mol. The monoisotopic (exact) mass is 545 g/mol. The van der Waals surface area contributed by atoms with Gasteiger partial charge in [0, 0.05) is 23.7 Å². The number of benzene rings is 4. The van der Waals surface area contributed by atoms with Crippen molar-refractivity contribution in [3.05, 3.63) is 132 Å². The van der Waals surface area contributed by atoms with E-state index >= 15 is 0 Å². The molecule has 0 saturated heterocycles. The Hall–Kier alpha value is -4.54. The molecule has 5 heteroatoms. The van der Waals surface area contributed by atoms with E-state index < -0.39 is 0 Å². The molecule has 0 fully saturated rings. The Morgan fingerprint density at radius 2 is 1.50 bits per heavy atom. The van der Waals surface area contributed by atoms with Crippen molar-refractivity contribution in [2.45, 2.75) is 20.4 Å². The van der Waals surface area contributed by atoms with Gasteiger partial charge >= 0.3 is 5.89 Å². The summed E-state index contributed by atoms with van der Waals surface area (Å²) in [7, 11) is 0. The molecule has 5 aromatic rings. The average Bonchev–Trinajstić information content (AvgIpc) is 3.55. The molecular formula is C35H30ClN2O2+. The molecule has 0 radical (unpaired) electrons. The lowest BCUT2D eigenvalue weighted by molar-refractivity contribution is -0.674. The zero-order chi connectivity index (χ0) is 27.5. The van der Waals surface area contributed by atoms with Gasteiger partial charge in [0.25, 0.3) is 5.52 Å². The van der Waals surface area contributed by atoms with E-state index in [1.165, 1.54) is 11.1 Å². The summed E-state index contributed by atoms with van der Waals surface area (Å²) in [5.74, 6) is 2.33. The second-order valence-electron chi connectivity index (χ2n) is 9.52. The second-order valence-corrected chi connectivity index (χ2v) is 9.95. The van der Waals surface area contributed by atoms with Gasteiger partial charge in [0.15, 0.2) is 5.75 Å². The maximum atomic E-state index is 6.62. The van der Waals surface area contributed by atoms with E-state index in [-0.39, 0.29) is 0 Å². The lowest BCUT2D eigenvalue weighted by Crippen LogP contribution is -2.33. The highest BCUT2D eigenvalue weighted by molar-refractivity contribution is 6.31. The van der Waals surface area contributed by atoms with Crippen molar-refractivity contribution < 1.29 is 13.7 Å². The molecule has 40 heavy (non-hydrogen) atoms. The Morgan fingerprint density at radius 1 is 0.825 bits per heavy atom. The third kappa shape index (κ3) is 5.06. The topological polar surface area (TPSA) is 29.5 Å². The van der Waals surface area contributed by atoms with Gasteiger partial charge in [0.2, 0.25) is 11.5 Å². The van der Waals surface area contributed by atoms with Gasteiger partial charge in [-0.1, -0.05) is 84.4 Å². The zero-order valence-electron chi connectivity index (χ0n) is 22.6. The van der Waals surface area contributed by atoms with E-state index in [1.807, 2.05) is 48.6 Å². The van der Waals surface area contributed by atoms with E-state index in [9.17, 15) is 0 Å². The van der Waals surface area contributed by atoms with Crippen LogP contribution >= 0.6 is 11.6 Å². The fourth-order valence-electron chi connectivity index (χ4n) is 5.08. The lowest BCUT2D eigenvalue weighted by atomic mass is 10.0. The molecule has 2 heterocycles. The van der Waals surface area contributed by atoms with Gasteiger partial charge in [-0.3, -0.25) is 0 Å². The van der Waals surface area contributed by atoms with Crippen LogP contribution in [0, 0.1) is 0 Å². The largest absolute Gasteiger partial charge is 0.439 e. The normalized spacial score (nSPS) is 14.3. The maximum absolute atomic E-state index is 6.62. The fraction of sp³-hybridized carbons (Fsp3) is 0.114. The zero-order valence-corrected chi connectivity index (χ0v) is 23.3. The standard InChI is InChI=1S/C35H30ClN2O2/c1-3-37-30-23-27(25-11-7-5-8-12-25)15-19-32(30)39-34(37)21-17-29(36)18-22-35-38(4-2)31-24-28(16-20-33(31)40-35)26-13-9-6-10-14-26/h5-24H,3-4H2,1-2H3/q+1. The number of hydrogen-bond acceptors (Lipinski definition) is 3. The van der Waals surface area contributed by atoms with Crippen LogP contribution in [0.1, 0.15) is 19.7 Å². The highest BCUT2D eigenvalue weighted by atomic mass is 35.5. The van der Waals surface area contributed by atoms with E-state index in [1.54, 1.807) is 0 Å². The Bertz CT molecular complexity index is 1750. The highest BCUT2D eigenvalue weighted by Gasteiger charge is 2.25. The van der Waals surface area contributed by atoms with Crippen molar-refractivity contribution >= 4 is 34.5 Å². The molecular weight excluding hydrogens is 516 g/mol. The van der Waals surface area contributed by atoms with Gasteiger partial charge in [0.1, 0.15) is 6.54 Å². The van der Waals surface area contributed by atoms with E-state index in [2.05, 4.69) is 96.1 Å². The van der Waals surface area contributed by atoms with Crippen molar-refractivity contribution in [2.75, 3.05) is 11.4 Å². The molecule has 0 unspecified atom stereocenters. The Labute approximate surface area is 239 Å². The first-order valence-corrected chi connectivity index (χ1v) is 13.9. The van der Waals surface area contributed by atoms with Gasteiger partial charge in [-0.2, -0.15) is 4.57 Å². The van der Waals surface area contributed by atoms with Gasteiger partial charge in [-0.05, 0) is 66.5 Å². The van der Waals surface area contributed by atoms with Crippen molar-refractivity contribution in [3.63, 3.8) is 0 Å². The minimum Gasteiger partial charge on any atom is -0.439 e. The predicted octanol–water partition coefficient (Wildman–Crippen LogP) is 8.97. The van der Waals surface area contributed by atoms with Crippen LogP contribution in [0.3, 0.4) is 0 Å². The number of rotatable bonds is 7. The Balaban J connectivity index is 1.24. The van der Waals surface area contributed by atoms with Crippen molar-refractivity contribution in [1.29, 1.82) is 0 Å². The third-order valence-corrected chi connectivity index (χ3v) is 7.33. The molecule has 0 saturated carbocycles. The van der Waals surface area contributed by atoms with Crippen LogP contribution in [-0.4, -0.2) is 6.54 Å². The molecule has 1 aliphatic heterocycles. The number of oxazole rings is 1. The van der Waals surface area contributed by atoms with Crippen LogP contribution in [0.5, 0.6) is 5.75 Å². The predicted molar refractivity (Wildman–Crippen MR) is 164 cm³/mol. The van der Waals surface area contributed by atoms with Crippen LogP contribution in [0.15, 0.2) is 131 Å². The number of hydrogen-bond donors (Lipinski definition) is 0. The summed E-state index contributed by atoms with van der Waals surface area (Å²) in [4.78, 5) is 2.15. The van der Waals surface area contributed by atoms with Crippen LogP contribution in [0.25, 0.3) is 39.4 Å². The molecule has 0 atom stereocenters. The highest BCUT2D eigenvalue weighted by Crippen LogP contribution is 2.41. The minimum absolute atomic E-state index is 0.571. The van der Waals surface area contributed by atoms with Gasteiger partial charge in [0.05, 0.1) is 11.8 Å². The molecule has 0 N–H and O–H groups in total. The van der Waals surface area contributed by atoms with Crippen LogP contribution in [0.4, 0.5) is 5.69 Å². The molecule has 1 aromatic heterocycles.